The van der Waals surface area contributed by atoms with E-state index in [4.69, 9.17) is 14.2 Å². The van der Waals surface area contributed by atoms with Gasteiger partial charge in [0.15, 0.2) is 6.10 Å². The summed E-state index contributed by atoms with van der Waals surface area (Å²) in [4.78, 5) is 25.0. The monoisotopic (exact) mass is 757 g/mol. The van der Waals surface area contributed by atoms with Crippen molar-refractivity contribution in [1.29, 1.82) is 0 Å². The number of hydrogen-bond acceptors (Lipinski definition) is 5. The van der Waals surface area contributed by atoms with E-state index < -0.39 is 6.10 Å². The topological polar surface area (TPSA) is 61.8 Å². The van der Waals surface area contributed by atoms with Crippen LogP contribution in [-0.2, 0) is 23.8 Å². The molecule has 0 saturated heterocycles. The molecule has 1 atom stereocenters. The van der Waals surface area contributed by atoms with Crippen LogP contribution in [0.15, 0.2) is 48.6 Å². The molecule has 0 aliphatic rings. The van der Waals surface area contributed by atoms with Gasteiger partial charge in [0.05, 0.1) is 6.61 Å². The summed E-state index contributed by atoms with van der Waals surface area (Å²) in [5.74, 6) is -0.420. The number of allylic oxidation sites excluding steroid dienone is 8. The summed E-state index contributed by atoms with van der Waals surface area (Å²) in [7, 11) is 0. The number of hydrogen-bond donors (Lipinski definition) is 0. The minimum Gasteiger partial charge on any atom is -0.462 e. The van der Waals surface area contributed by atoms with Crippen LogP contribution in [0.5, 0.6) is 0 Å². The van der Waals surface area contributed by atoms with Crippen molar-refractivity contribution in [2.75, 3.05) is 19.8 Å². The molecular weight excluding hydrogens is 669 g/mol. The Balaban J connectivity index is 4.06. The fourth-order valence-corrected chi connectivity index (χ4v) is 6.40. The van der Waals surface area contributed by atoms with E-state index in [0.717, 1.165) is 77.0 Å². The first-order valence-electron chi connectivity index (χ1n) is 23.2. The summed E-state index contributed by atoms with van der Waals surface area (Å²) >= 11 is 0. The standard InChI is InChI=1S/C49H88O5/c1-4-7-10-13-15-17-19-21-23-24-25-27-29-31-33-35-38-41-44-52-45-47(54-49(51)43-40-36-12-9-6-3)46-53-48(50)42-39-37-34-32-30-28-26-22-20-18-16-14-11-8-5-2/h7,10,15,17,21-23,26,47H,4-6,8-9,11-14,16,18-20,24-25,27-46H2,1-3H3/b10-7-,17-15-,23-21-,26-22-. The van der Waals surface area contributed by atoms with Crippen molar-refractivity contribution in [3.63, 3.8) is 0 Å². The molecule has 0 spiro atoms. The van der Waals surface area contributed by atoms with E-state index in [1.54, 1.807) is 0 Å². The Bertz CT molecular complexity index is 904. The van der Waals surface area contributed by atoms with Gasteiger partial charge in [-0.3, -0.25) is 9.59 Å². The molecule has 0 amide bonds. The van der Waals surface area contributed by atoms with Crippen molar-refractivity contribution in [2.24, 2.45) is 0 Å². The minimum atomic E-state index is -0.537. The van der Waals surface area contributed by atoms with E-state index in [1.807, 2.05) is 0 Å². The molecule has 0 radical (unpaired) electrons. The maximum atomic E-state index is 12.5. The Morgan fingerprint density at radius 1 is 0.426 bits per heavy atom. The lowest BCUT2D eigenvalue weighted by molar-refractivity contribution is -0.163. The molecular formula is C49H88O5. The zero-order valence-corrected chi connectivity index (χ0v) is 36.0. The summed E-state index contributed by atoms with van der Waals surface area (Å²) in [5, 5.41) is 0. The van der Waals surface area contributed by atoms with Crippen LogP contribution in [0.3, 0.4) is 0 Å². The second-order valence-electron chi connectivity index (χ2n) is 15.3. The van der Waals surface area contributed by atoms with Crippen LogP contribution >= 0.6 is 0 Å². The molecule has 0 rings (SSSR count). The van der Waals surface area contributed by atoms with Crippen molar-refractivity contribution < 1.29 is 23.8 Å². The molecule has 54 heavy (non-hydrogen) atoms. The Morgan fingerprint density at radius 2 is 0.833 bits per heavy atom. The largest absolute Gasteiger partial charge is 0.462 e. The predicted molar refractivity (Wildman–Crippen MR) is 233 cm³/mol. The van der Waals surface area contributed by atoms with Gasteiger partial charge in [-0.25, -0.2) is 0 Å². The molecule has 0 aromatic heterocycles. The van der Waals surface area contributed by atoms with Crippen molar-refractivity contribution in [2.45, 2.75) is 232 Å². The Labute approximate surface area is 335 Å². The van der Waals surface area contributed by atoms with Gasteiger partial charge in [-0.2, -0.15) is 0 Å². The van der Waals surface area contributed by atoms with E-state index in [9.17, 15) is 9.59 Å². The Morgan fingerprint density at radius 3 is 1.35 bits per heavy atom. The second-order valence-corrected chi connectivity index (χ2v) is 15.3. The Kier molecular flexibility index (Phi) is 43.5. The number of ether oxygens (including phenoxy) is 3. The third kappa shape index (κ3) is 42.6. The molecule has 0 aromatic carbocycles. The summed E-state index contributed by atoms with van der Waals surface area (Å²) in [6.45, 7) is 7.63. The molecule has 0 aliphatic carbocycles. The van der Waals surface area contributed by atoms with Gasteiger partial charge in [0, 0.05) is 19.4 Å². The first-order valence-corrected chi connectivity index (χ1v) is 23.2. The molecule has 0 aliphatic heterocycles. The molecule has 0 bridgehead atoms. The third-order valence-electron chi connectivity index (χ3n) is 9.85. The molecule has 5 heteroatoms. The highest BCUT2D eigenvalue weighted by Gasteiger charge is 2.17. The van der Waals surface area contributed by atoms with E-state index in [-0.39, 0.29) is 25.2 Å². The summed E-state index contributed by atoms with van der Waals surface area (Å²) in [6, 6.07) is 0. The molecule has 0 N–H and O–H groups in total. The van der Waals surface area contributed by atoms with Gasteiger partial charge in [-0.15, -0.1) is 0 Å². The normalized spacial score (nSPS) is 12.6. The van der Waals surface area contributed by atoms with E-state index in [1.165, 1.54) is 116 Å². The number of rotatable bonds is 42. The summed E-state index contributed by atoms with van der Waals surface area (Å²) < 4.78 is 17.2. The summed E-state index contributed by atoms with van der Waals surface area (Å²) in [5.41, 5.74) is 0. The highest BCUT2D eigenvalue weighted by atomic mass is 16.6. The van der Waals surface area contributed by atoms with Crippen molar-refractivity contribution in [1.82, 2.24) is 0 Å². The molecule has 314 valence electrons. The van der Waals surface area contributed by atoms with Crippen LogP contribution in [0.25, 0.3) is 0 Å². The number of esters is 2. The lowest BCUT2D eigenvalue weighted by Gasteiger charge is -2.18. The van der Waals surface area contributed by atoms with Gasteiger partial charge in [-0.05, 0) is 77.0 Å². The predicted octanol–water partition coefficient (Wildman–Crippen LogP) is 15.2. The van der Waals surface area contributed by atoms with Gasteiger partial charge < -0.3 is 14.2 Å². The van der Waals surface area contributed by atoms with Crippen molar-refractivity contribution in [3.8, 4) is 0 Å². The first-order chi connectivity index (χ1) is 26.6. The zero-order valence-electron chi connectivity index (χ0n) is 36.0. The van der Waals surface area contributed by atoms with Crippen LogP contribution in [0, 0.1) is 0 Å². The van der Waals surface area contributed by atoms with Crippen molar-refractivity contribution in [3.05, 3.63) is 48.6 Å². The van der Waals surface area contributed by atoms with Gasteiger partial charge in [-0.1, -0.05) is 185 Å². The van der Waals surface area contributed by atoms with Crippen LogP contribution in [0.1, 0.15) is 226 Å². The fraction of sp³-hybridized carbons (Fsp3) is 0.796. The quantitative estimate of drug-likeness (QED) is 0.0353. The number of carbonyl (C=O) groups excluding carboxylic acids is 2. The van der Waals surface area contributed by atoms with Gasteiger partial charge >= 0.3 is 11.9 Å². The lowest BCUT2D eigenvalue weighted by atomic mass is 10.1. The zero-order chi connectivity index (χ0) is 39.3. The van der Waals surface area contributed by atoms with E-state index >= 15 is 0 Å². The average Bonchev–Trinajstić information content (AvgIpc) is 3.17. The number of unbranched alkanes of at least 4 members (excludes halogenated alkanes) is 23. The Hall–Kier alpha value is -2.14. The van der Waals surface area contributed by atoms with Crippen LogP contribution in [0.4, 0.5) is 0 Å². The van der Waals surface area contributed by atoms with Crippen LogP contribution in [-0.4, -0.2) is 37.9 Å². The van der Waals surface area contributed by atoms with E-state index in [0.29, 0.717) is 19.4 Å². The first kappa shape index (κ1) is 51.9. The lowest BCUT2D eigenvalue weighted by Crippen LogP contribution is -2.30. The molecule has 0 fully saturated rings. The minimum absolute atomic E-state index is 0.0786. The van der Waals surface area contributed by atoms with E-state index in [2.05, 4.69) is 69.4 Å². The molecule has 0 saturated carbocycles. The molecule has 5 nitrogen and oxygen atoms in total. The van der Waals surface area contributed by atoms with Crippen LogP contribution < -0.4 is 0 Å². The highest BCUT2D eigenvalue weighted by molar-refractivity contribution is 5.70. The van der Waals surface area contributed by atoms with Gasteiger partial charge in [0.2, 0.25) is 0 Å². The third-order valence-corrected chi connectivity index (χ3v) is 9.85. The molecule has 1 unspecified atom stereocenters. The summed E-state index contributed by atoms with van der Waals surface area (Å²) in [6.07, 6.45) is 54.2. The maximum absolute atomic E-state index is 12.5. The fourth-order valence-electron chi connectivity index (χ4n) is 6.40. The van der Waals surface area contributed by atoms with Gasteiger partial charge in [0.25, 0.3) is 0 Å². The average molecular weight is 757 g/mol. The second kappa shape index (κ2) is 45.3. The molecule has 0 heterocycles. The van der Waals surface area contributed by atoms with Gasteiger partial charge in [0.1, 0.15) is 6.61 Å². The highest BCUT2D eigenvalue weighted by Crippen LogP contribution is 2.13. The number of carbonyl (C=O) groups is 2. The SMILES string of the molecule is CC/C=C\C/C=C\C/C=C\CCCCCCCCCCOCC(COC(=O)CCCCCCC/C=C\CCCCCCCC)OC(=O)CCCCCCC. The van der Waals surface area contributed by atoms with Crippen LogP contribution in [0.2, 0.25) is 0 Å². The molecule has 0 aromatic rings. The van der Waals surface area contributed by atoms with Crippen molar-refractivity contribution >= 4 is 11.9 Å². The maximum Gasteiger partial charge on any atom is 0.306 e. The smallest absolute Gasteiger partial charge is 0.306 e.